The number of unbranched alkanes of at least 4 members (excludes halogenated alkanes) is 2. The van der Waals surface area contributed by atoms with Crippen LogP contribution in [0.3, 0.4) is 0 Å². The molecule has 5 nitrogen and oxygen atoms in total. The van der Waals surface area contributed by atoms with Crippen LogP contribution >= 0.6 is 0 Å². The molecule has 5 heteroatoms. The Kier molecular flexibility index (Phi) is 5.83. The fourth-order valence-corrected chi connectivity index (χ4v) is 3.58. The van der Waals surface area contributed by atoms with Crippen molar-refractivity contribution in [3.63, 3.8) is 0 Å². The monoisotopic (exact) mass is 378 g/mol. The van der Waals surface area contributed by atoms with Crippen LogP contribution in [0.2, 0.25) is 0 Å². The number of para-hydroxylation sites is 1. The van der Waals surface area contributed by atoms with Gasteiger partial charge in [0.2, 0.25) is 0 Å². The van der Waals surface area contributed by atoms with Gasteiger partial charge in [-0.25, -0.2) is 0 Å². The molecule has 0 saturated carbocycles. The highest BCUT2D eigenvalue weighted by Gasteiger charge is 2.22. The minimum absolute atomic E-state index is 0.214. The Balaban J connectivity index is 2.09. The lowest BCUT2D eigenvalue weighted by atomic mass is 10.1. The van der Waals surface area contributed by atoms with Crippen molar-refractivity contribution in [2.75, 3.05) is 5.32 Å². The molecule has 0 unspecified atom stereocenters. The third-order valence-corrected chi connectivity index (χ3v) is 4.84. The third kappa shape index (κ3) is 3.93. The number of hydrogen-bond donors (Lipinski definition) is 2. The van der Waals surface area contributed by atoms with Crippen LogP contribution in [0.1, 0.15) is 47.7 Å². The van der Waals surface area contributed by atoms with Crippen molar-refractivity contribution in [1.82, 2.24) is 4.57 Å². The fourth-order valence-electron chi connectivity index (χ4n) is 3.58. The molecule has 0 aliphatic carbocycles. The summed E-state index contributed by atoms with van der Waals surface area (Å²) >= 11 is 0. The van der Waals surface area contributed by atoms with E-state index in [1.165, 1.54) is 0 Å². The molecule has 2 aromatic carbocycles. The average molecular weight is 378 g/mol. The van der Waals surface area contributed by atoms with Crippen LogP contribution in [0.4, 0.5) is 5.69 Å². The van der Waals surface area contributed by atoms with E-state index in [0.717, 1.165) is 30.4 Å². The van der Waals surface area contributed by atoms with E-state index in [1.807, 2.05) is 38.1 Å². The molecule has 0 atom stereocenters. The number of amides is 1. The van der Waals surface area contributed by atoms with Gasteiger partial charge in [0.05, 0.1) is 5.52 Å². The van der Waals surface area contributed by atoms with E-state index >= 15 is 0 Å². The number of aromatic nitrogens is 1. The maximum atomic E-state index is 13.1. The van der Waals surface area contributed by atoms with E-state index in [-0.39, 0.29) is 11.3 Å². The molecule has 3 rings (SSSR count). The van der Waals surface area contributed by atoms with Crippen LogP contribution < -0.4 is 10.9 Å². The first-order chi connectivity index (χ1) is 13.4. The number of carbonyl (C=O) groups is 1. The molecule has 2 N–H and O–H groups in total. The lowest BCUT2D eigenvalue weighted by Crippen LogP contribution is -2.30. The number of fused-ring (bicyclic) bond motifs is 1. The van der Waals surface area contributed by atoms with Gasteiger partial charge in [0, 0.05) is 17.6 Å². The topological polar surface area (TPSA) is 71.3 Å². The summed E-state index contributed by atoms with van der Waals surface area (Å²) < 4.78 is 1.60. The molecule has 28 heavy (non-hydrogen) atoms. The van der Waals surface area contributed by atoms with Gasteiger partial charge in [-0.2, -0.15) is 0 Å². The quantitative estimate of drug-likeness (QED) is 0.607. The van der Waals surface area contributed by atoms with Crippen LogP contribution in [-0.2, 0) is 6.54 Å². The predicted octanol–water partition coefficient (Wildman–Crippen LogP) is 4.77. The highest BCUT2D eigenvalue weighted by molar-refractivity contribution is 6.09. The van der Waals surface area contributed by atoms with Gasteiger partial charge in [0.25, 0.3) is 11.5 Å². The van der Waals surface area contributed by atoms with Gasteiger partial charge in [-0.1, -0.05) is 38.0 Å². The number of anilines is 1. The van der Waals surface area contributed by atoms with Crippen LogP contribution in [-0.4, -0.2) is 15.6 Å². The lowest BCUT2D eigenvalue weighted by molar-refractivity contribution is 0.102. The van der Waals surface area contributed by atoms with Gasteiger partial charge < -0.3 is 15.0 Å². The summed E-state index contributed by atoms with van der Waals surface area (Å²) in [4.78, 5) is 26.0. The SMILES string of the molecule is CCCCCn1c(=O)c(C(=O)Nc2cc(C)cc(C)c2)c(O)c2ccccc21. The Morgan fingerprint density at radius 1 is 1.07 bits per heavy atom. The van der Waals surface area contributed by atoms with Crippen molar-refractivity contribution >= 4 is 22.5 Å². The highest BCUT2D eigenvalue weighted by atomic mass is 16.3. The number of carbonyl (C=O) groups excluding carboxylic acids is 1. The molecule has 3 aromatic rings. The van der Waals surface area contributed by atoms with E-state index in [4.69, 9.17) is 0 Å². The molecular formula is C23H26N2O3. The molecule has 0 spiro atoms. The average Bonchev–Trinajstić information content (AvgIpc) is 2.64. The number of pyridine rings is 1. The van der Waals surface area contributed by atoms with Crippen molar-refractivity contribution in [3.05, 3.63) is 69.5 Å². The number of nitrogens with zero attached hydrogens (tertiary/aromatic N) is 1. The Bertz CT molecular complexity index is 1060. The van der Waals surface area contributed by atoms with E-state index in [2.05, 4.69) is 12.2 Å². The summed E-state index contributed by atoms with van der Waals surface area (Å²) in [6, 6.07) is 12.8. The smallest absolute Gasteiger partial charge is 0.267 e. The minimum Gasteiger partial charge on any atom is -0.506 e. The molecule has 1 aromatic heterocycles. The number of aromatic hydroxyl groups is 1. The molecule has 0 saturated heterocycles. The van der Waals surface area contributed by atoms with Crippen molar-refractivity contribution in [3.8, 4) is 5.75 Å². The normalized spacial score (nSPS) is 11.0. The Morgan fingerprint density at radius 2 is 1.75 bits per heavy atom. The van der Waals surface area contributed by atoms with Gasteiger partial charge in [-0.15, -0.1) is 0 Å². The van der Waals surface area contributed by atoms with Crippen LogP contribution in [0, 0.1) is 13.8 Å². The number of nitrogens with one attached hydrogen (secondary N) is 1. The second kappa shape index (κ2) is 8.30. The summed E-state index contributed by atoms with van der Waals surface area (Å²) in [6.45, 7) is 6.49. The first-order valence-corrected chi connectivity index (χ1v) is 9.66. The first kappa shape index (κ1) is 19.7. The van der Waals surface area contributed by atoms with Crippen LogP contribution in [0.25, 0.3) is 10.9 Å². The zero-order valence-electron chi connectivity index (χ0n) is 16.6. The van der Waals surface area contributed by atoms with E-state index in [1.54, 1.807) is 22.8 Å². The summed E-state index contributed by atoms with van der Waals surface area (Å²) in [5.41, 5.74) is 2.59. The summed E-state index contributed by atoms with van der Waals surface area (Å²) in [5, 5.41) is 14.0. The highest BCUT2D eigenvalue weighted by Crippen LogP contribution is 2.27. The van der Waals surface area contributed by atoms with Crippen LogP contribution in [0.5, 0.6) is 5.75 Å². The largest absolute Gasteiger partial charge is 0.506 e. The molecule has 1 amide bonds. The molecule has 0 radical (unpaired) electrons. The second-order valence-corrected chi connectivity index (χ2v) is 7.24. The standard InChI is InChI=1S/C23H26N2O3/c1-4-5-8-11-25-19-10-7-6-9-18(19)21(26)20(23(25)28)22(27)24-17-13-15(2)12-16(3)14-17/h6-7,9-10,12-14,26H,4-5,8,11H2,1-3H3,(H,24,27). The van der Waals surface area contributed by atoms with Crippen LogP contribution in [0.15, 0.2) is 47.3 Å². The predicted molar refractivity (Wildman–Crippen MR) is 113 cm³/mol. The molecule has 0 aliphatic heterocycles. The number of hydrogen-bond acceptors (Lipinski definition) is 3. The lowest BCUT2D eigenvalue weighted by Gasteiger charge is -2.15. The van der Waals surface area contributed by atoms with Crippen molar-refractivity contribution < 1.29 is 9.90 Å². The van der Waals surface area contributed by atoms with E-state index in [9.17, 15) is 14.7 Å². The summed E-state index contributed by atoms with van der Waals surface area (Å²) in [5.74, 6) is -0.864. The zero-order chi connectivity index (χ0) is 20.3. The van der Waals surface area contributed by atoms with Gasteiger partial charge in [-0.05, 0) is 55.7 Å². The Morgan fingerprint density at radius 3 is 2.43 bits per heavy atom. The van der Waals surface area contributed by atoms with Crippen molar-refractivity contribution in [2.45, 2.75) is 46.6 Å². The number of aryl methyl sites for hydroxylation is 3. The minimum atomic E-state index is -0.595. The first-order valence-electron chi connectivity index (χ1n) is 9.66. The third-order valence-electron chi connectivity index (χ3n) is 4.84. The molecule has 146 valence electrons. The Labute approximate surface area is 164 Å². The molecule has 0 bridgehead atoms. The van der Waals surface area contributed by atoms with Crippen molar-refractivity contribution in [2.24, 2.45) is 0 Å². The summed E-state index contributed by atoms with van der Waals surface area (Å²) in [6.07, 6.45) is 2.86. The van der Waals surface area contributed by atoms with Gasteiger partial charge in [0.15, 0.2) is 0 Å². The molecule has 0 aliphatic rings. The Hall–Kier alpha value is -3.08. The second-order valence-electron chi connectivity index (χ2n) is 7.24. The zero-order valence-corrected chi connectivity index (χ0v) is 16.6. The number of benzene rings is 2. The molecule has 0 fully saturated rings. The van der Waals surface area contributed by atoms with Crippen molar-refractivity contribution in [1.29, 1.82) is 0 Å². The summed E-state index contributed by atoms with van der Waals surface area (Å²) in [7, 11) is 0. The number of rotatable bonds is 6. The molecule has 1 heterocycles. The van der Waals surface area contributed by atoms with Gasteiger partial charge >= 0.3 is 0 Å². The van der Waals surface area contributed by atoms with E-state index in [0.29, 0.717) is 23.1 Å². The van der Waals surface area contributed by atoms with Gasteiger partial charge in [-0.3, -0.25) is 9.59 Å². The molecular weight excluding hydrogens is 352 g/mol. The maximum absolute atomic E-state index is 13.1. The maximum Gasteiger partial charge on any atom is 0.267 e. The fraction of sp³-hybridized carbons (Fsp3) is 0.304. The van der Waals surface area contributed by atoms with E-state index < -0.39 is 11.5 Å². The van der Waals surface area contributed by atoms with Gasteiger partial charge in [0.1, 0.15) is 11.3 Å².